The van der Waals surface area contributed by atoms with Crippen molar-refractivity contribution in [2.75, 3.05) is 5.75 Å². The Morgan fingerprint density at radius 3 is 2.81 bits per heavy atom. The van der Waals surface area contributed by atoms with Crippen molar-refractivity contribution in [1.29, 1.82) is 0 Å². The highest BCUT2D eigenvalue weighted by atomic mass is 32.2. The minimum Gasteiger partial charge on any atom is -0.327 e. The van der Waals surface area contributed by atoms with Crippen LogP contribution in [0.5, 0.6) is 0 Å². The van der Waals surface area contributed by atoms with Gasteiger partial charge in [-0.15, -0.1) is 0 Å². The Morgan fingerprint density at radius 1 is 1.31 bits per heavy atom. The Kier molecular flexibility index (Phi) is 4.73. The van der Waals surface area contributed by atoms with Gasteiger partial charge in [-0.25, -0.2) is 0 Å². The highest BCUT2D eigenvalue weighted by Crippen LogP contribution is 2.29. The van der Waals surface area contributed by atoms with Gasteiger partial charge >= 0.3 is 0 Å². The van der Waals surface area contributed by atoms with Crippen LogP contribution in [0.15, 0.2) is 30.3 Å². The molecule has 2 heteroatoms. The number of benzene rings is 1. The zero-order valence-corrected chi connectivity index (χ0v) is 10.6. The molecule has 0 radical (unpaired) electrons. The van der Waals surface area contributed by atoms with Crippen molar-refractivity contribution >= 4 is 11.8 Å². The summed E-state index contributed by atoms with van der Waals surface area (Å²) in [5, 5.41) is 0.732. The molecule has 1 nitrogen and oxygen atoms in total. The lowest BCUT2D eigenvalue weighted by Gasteiger charge is -2.17. The van der Waals surface area contributed by atoms with E-state index in [1.807, 2.05) is 0 Å². The molecule has 1 saturated heterocycles. The van der Waals surface area contributed by atoms with Crippen molar-refractivity contribution in [1.82, 2.24) is 0 Å². The molecule has 1 aliphatic heterocycles. The number of rotatable bonds is 5. The van der Waals surface area contributed by atoms with E-state index in [-0.39, 0.29) is 0 Å². The van der Waals surface area contributed by atoms with E-state index in [1.54, 1.807) is 0 Å². The van der Waals surface area contributed by atoms with E-state index in [9.17, 15) is 0 Å². The molecule has 1 heterocycles. The molecular weight excluding hydrogens is 214 g/mol. The molecule has 88 valence electrons. The molecule has 1 aromatic rings. The average molecular weight is 235 g/mol. The first-order valence-electron chi connectivity index (χ1n) is 6.27. The van der Waals surface area contributed by atoms with Crippen LogP contribution >= 0.6 is 11.8 Å². The Bertz CT molecular complexity index is 293. The van der Waals surface area contributed by atoms with Crippen LogP contribution in [-0.4, -0.2) is 17.0 Å². The van der Waals surface area contributed by atoms with E-state index in [0.717, 1.165) is 5.25 Å². The average Bonchev–Trinajstić information content (AvgIpc) is 2.84. The molecule has 2 N–H and O–H groups in total. The molecule has 2 unspecified atom stereocenters. The molecule has 1 aliphatic rings. The maximum atomic E-state index is 6.22. The predicted octanol–water partition coefficient (Wildman–Crippen LogP) is 3.23. The van der Waals surface area contributed by atoms with E-state index in [1.165, 1.54) is 43.4 Å². The van der Waals surface area contributed by atoms with Crippen LogP contribution in [0.4, 0.5) is 0 Å². The van der Waals surface area contributed by atoms with Gasteiger partial charge in [0.15, 0.2) is 0 Å². The summed E-state index contributed by atoms with van der Waals surface area (Å²) in [4.78, 5) is 0. The van der Waals surface area contributed by atoms with Crippen molar-refractivity contribution < 1.29 is 0 Å². The van der Waals surface area contributed by atoms with Gasteiger partial charge in [-0.1, -0.05) is 30.3 Å². The fraction of sp³-hybridized carbons (Fsp3) is 0.571. The molecular formula is C14H21NS. The fourth-order valence-electron chi connectivity index (χ4n) is 2.31. The number of hydrogen-bond acceptors (Lipinski definition) is 2. The Morgan fingerprint density at radius 2 is 2.12 bits per heavy atom. The van der Waals surface area contributed by atoms with Crippen LogP contribution in [0, 0.1) is 0 Å². The third kappa shape index (κ3) is 3.53. The van der Waals surface area contributed by atoms with E-state index >= 15 is 0 Å². The summed E-state index contributed by atoms with van der Waals surface area (Å²) in [6, 6.07) is 11.1. The van der Waals surface area contributed by atoms with Gasteiger partial charge in [0.05, 0.1) is 0 Å². The van der Waals surface area contributed by atoms with Crippen LogP contribution in [0.3, 0.4) is 0 Å². The quantitative estimate of drug-likeness (QED) is 0.848. The van der Waals surface area contributed by atoms with E-state index in [4.69, 9.17) is 5.73 Å². The van der Waals surface area contributed by atoms with Crippen LogP contribution in [0.1, 0.15) is 31.2 Å². The molecule has 2 rings (SSSR count). The Labute approximate surface area is 103 Å². The second kappa shape index (κ2) is 6.31. The summed E-state index contributed by atoms with van der Waals surface area (Å²) in [6.07, 6.45) is 6.26. The smallest absolute Gasteiger partial charge is 0.0199 e. The molecule has 0 spiro atoms. The zero-order chi connectivity index (χ0) is 11.2. The molecule has 2 atom stereocenters. The summed E-state index contributed by atoms with van der Waals surface area (Å²) in [5.41, 5.74) is 7.66. The van der Waals surface area contributed by atoms with Gasteiger partial charge in [0.2, 0.25) is 0 Å². The Hall–Kier alpha value is -0.470. The van der Waals surface area contributed by atoms with Gasteiger partial charge < -0.3 is 5.73 Å². The lowest BCUT2D eigenvalue weighted by Crippen LogP contribution is -2.30. The topological polar surface area (TPSA) is 26.0 Å². The molecule has 0 saturated carbocycles. The van der Waals surface area contributed by atoms with Crippen LogP contribution in [0.25, 0.3) is 0 Å². The molecule has 1 aromatic carbocycles. The lowest BCUT2D eigenvalue weighted by molar-refractivity contribution is 0.548. The first-order chi connectivity index (χ1) is 7.86. The summed E-state index contributed by atoms with van der Waals surface area (Å²) >= 11 is 2.07. The second-order valence-electron chi connectivity index (χ2n) is 4.59. The summed E-state index contributed by atoms with van der Waals surface area (Å²) in [5.74, 6) is 1.32. The van der Waals surface area contributed by atoms with E-state index in [2.05, 4.69) is 42.1 Å². The monoisotopic (exact) mass is 235 g/mol. The van der Waals surface area contributed by atoms with Gasteiger partial charge in [0.1, 0.15) is 0 Å². The summed E-state index contributed by atoms with van der Waals surface area (Å²) in [6.45, 7) is 0. The zero-order valence-electron chi connectivity index (χ0n) is 9.77. The maximum absolute atomic E-state index is 6.22. The number of hydrogen-bond donors (Lipinski definition) is 1. The largest absolute Gasteiger partial charge is 0.327 e. The molecule has 1 fully saturated rings. The van der Waals surface area contributed by atoms with Crippen molar-refractivity contribution in [2.24, 2.45) is 5.73 Å². The van der Waals surface area contributed by atoms with Crippen molar-refractivity contribution in [3.8, 4) is 0 Å². The molecule has 0 amide bonds. The molecule has 16 heavy (non-hydrogen) atoms. The van der Waals surface area contributed by atoms with Gasteiger partial charge in [-0.2, -0.15) is 11.8 Å². The normalized spacial score (nSPS) is 22.2. The summed E-state index contributed by atoms with van der Waals surface area (Å²) < 4.78 is 0. The van der Waals surface area contributed by atoms with Crippen LogP contribution in [0.2, 0.25) is 0 Å². The third-order valence-electron chi connectivity index (χ3n) is 3.29. The first-order valence-corrected chi connectivity index (χ1v) is 7.32. The van der Waals surface area contributed by atoms with Gasteiger partial charge in [0.25, 0.3) is 0 Å². The van der Waals surface area contributed by atoms with Crippen LogP contribution < -0.4 is 5.73 Å². The van der Waals surface area contributed by atoms with Gasteiger partial charge in [-0.3, -0.25) is 0 Å². The minimum absolute atomic E-state index is 0.413. The molecule has 0 aliphatic carbocycles. The Balaban J connectivity index is 1.67. The third-order valence-corrected chi connectivity index (χ3v) is 4.83. The fourth-order valence-corrected chi connectivity index (χ4v) is 3.67. The van der Waals surface area contributed by atoms with Crippen molar-refractivity contribution in [3.05, 3.63) is 35.9 Å². The standard InChI is InChI=1S/C14H21NS/c15-13(14-10-5-11-16-14)9-4-8-12-6-2-1-3-7-12/h1-3,6-7,13-14H,4-5,8-11,15H2. The van der Waals surface area contributed by atoms with Gasteiger partial charge in [-0.05, 0) is 43.4 Å². The SMILES string of the molecule is NC(CCCc1ccccc1)C1CCCS1. The molecule has 0 bridgehead atoms. The number of nitrogens with two attached hydrogens (primary N) is 1. The minimum atomic E-state index is 0.413. The lowest BCUT2D eigenvalue weighted by atomic mass is 10.0. The summed E-state index contributed by atoms with van der Waals surface area (Å²) in [7, 11) is 0. The first kappa shape index (κ1) is 12.0. The maximum Gasteiger partial charge on any atom is 0.0199 e. The van der Waals surface area contributed by atoms with Crippen LogP contribution in [-0.2, 0) is 6.42 Å². The number of aryl methyl sites for hydroxylation is 1. The second-order valence-corrected chi connectivity index (χ2v) is 5.94. The predicted molar refractivity (Wildman–Crippen MR) is 72.8 cm³/mol. The number of thioether (sulfide) groups is 1. The highest BCUT2D eigenvalue weighted by molar-refractivity contribution is 8.00. The highest BCUT2D eigenvalue weighted by Gasteiger charge is 2.21. The van der Waals surface area contributed by atoms with Crippen molar-refractivity contribution in [2.45, 2.75) is 43.4 Å². The van der Waals surface area contributed by atoms with E-state index in [0.29, 0.717) is 6.04 Å². The van der Waals surface area contributed by atoms with E-state index < -0.39 is 0 Å². The molecule has 0 aromatic heterocycles. The van der Waals surface area contributed by atoms with Gasteiger partial charge in [0, 0.05) is 11.3 Å². The van der Waals surface area contributed by atoms with Crippen molar-refractivity contribution in [3.63, 3.8) is 0 Å².